The van der Waals surface area contributed by atoms with Gasteiger partial charge in [0.2, 0.25) is 16.0 Å². The van der Waals surface area contributed by atoms with Gasteiger partial charge < -0.3 is 33.7 Å². The van der Waals surface area contributed by atoms with Gasteiger partial charge in [-0.3, -0.25) is 15.0 Å². The fourth-order valence-electron chi connectivity index (χ4n) is 4.83. The molecule has 2 N–H and O–H groups in total. The van der Waals surface area contributed by atoms with Crippen LogP contribution >= 0.6 is 69.6 Å². The number of alkyl carbamates (subject to hydrolysis) is 1. The number of benzene rings is 2. The Bertz CT molecular complexity index is 1360. The first-order valence-corrected chi connectivity index (χ1v) is 16.8. The predicted molar refractivity (Wildman–Crippen MR) is 182 cm³/mol. The highest BCUT2D eigenvalue weighted by Gasteiger charge is 2.51. The summed E-state index contributed by atoms with van der Waals surface area (Å²) in [4.78, 5) is 37.9. The largest absolute Gasteiger partial charge is 0.462 e. The Morgan fingerprint density at radius 2 is 1.54 bits per heavy atom. The van der Waals surface area contributed by atoms with Crippen molar-refractivity contribution >= 4 is 93.5 Å². The van der Waals surface area contributed by atoms with Crippen molar-refractivity contribution in [2.24, 2.45) is 5.92 Å². The summed E-state index contributed by atoms with van der Waals surface area (Å²) in [5.41, 5.74) is 1.72. The monoisotopic (exact) mass is 788 g/mol. The summed E-state index contributed by atoms with van der Waals surface area (Å²) in [6.45, 7) is 2.26. The van der Waals surface area contributed by atoms with E-state index < -0.39 is 74.7 Å². The average molecular weight is 791 g/mol. The summed E-state index contributed by atoms with van der Waals surface area (Å²) in [5, 5.41) is 10.8. The van der Waals surface area contributed by atoms with Crippen LogP contribution in [0.25, 0.3) is 0 Å². The second kappa shape index (κ2) is 18.7. The van der Waals surface area contributed by atoms with E-state index in [2.05, 4.69) is 5.32 Å². The first-order chi connectivity index (χ1) is 22.5. The van der Waals surface area contributed by atoms with Gasteiger partial charge in [0.05, 0.1) is 25.7 Å². The molecule has 0 aromatic heterocycles. The normalized spacial score (nSPS) is 21.8. The maximum absolute atomic E-state index is 13.4. The van der Waals surface area contributed by atoms with E-state index in [9.17, 15) is 14.4 Å². The molecule has 1 heterocycles. The smallest absolute Gasteiger partial charge is 0.407 e. The zero-order valence-corrected chi connectivity index (χ0v) is 30.3. The number of hydrogen-bond donors (Lipinski definition) is 2. The van der Waals surface area contributed by atoms with Gasteiger partial charge >= 0.3 is 18.0 Å². The fourth-order valence-corrected chi connectivity index (χ4v) is 5.13. The zero-order chi connectivity index (χ0) is 35.5. The van der Waals surface area contributed by atoms with Crippen molar-refractivity contribution in [3.8, 4) is 0 Å². The van der Waals surface area contributed by atoms with Crippen molar-refractivity contribution in [3.63, 3.8) is 0 Å². The van der Waals surface area contributed by atoms with E-state index in [0.29, 0.717) is 0 Å². The number of rotatable bonds is 13. The first kappa shape index (κ1) is 40.2. The summed E-state index contributed by atoms with van der Waals surface area (Å²) in [6.07, 6.45) is -5.71. The molecule has 0 radical (unpaired) electrons. The van der Waals surface area contributed by atoms with Crippen LogP contribution in [0.1, 0.15) is 31.4 Å². The van der Waals surface area contributed by atoms with Crippen LogP contribution in [-0.2, 0) is 51.0 Å². The second-order valence-corrected chi connectivity index (χ2v) is 15.6. The van der Waals surface area contributed by atoms with Gasteiger partial charge in [-0.05, 0) is 24.5 Å². The van der Waals surface area contributed by atoms with Crippen molar-refractivity contribution in [3.05, 3.63) is 71.8 Å². The number of hydrogen-bond acceptors (Lipinski definition) is 10. The standard InChI is InChI=1S/C31H34Cl6N2O9/c1-18(45-19(2)40)13-24(41)47-26-22(14-20-9-5-3-6-10-20)23(16-43-15-21-11-7-4-8-12-21)46-27(48-28(38)31(35,36)37)25(26)39-29(42)44-17-30(32,33)34/h3-12,18,22-23,25-27,38H,13-17H2,1-2H3,(H,39,42)/t18-,22-,23?,25+,26+,27?/m1/s1. The molecule has 0 spiro atoms. The lowest BCUT2D eigenvalue weighted by molar-refractivity contribution is -0.242. The summed E-state index contributed by atoms with van der Waals surface area (Å²) < 4.78 is 29.9. The van der Waals surface area contributed by atoms with Crippen LogP contribution < -0.4 is 5.32 Å². The van der Waals surface area contributed by atoms with Gasteiger partial charge in [-0.15, -0.1) is 0 Å². The second-order valence-electron chi connectivity index (χ2n) is 10.8. The van der Waals surface area contributed by atoms with Crippen molar-refractivity contribution in [1.82, 2.24) is 5.32 Å². The Morgan fingerprint density at radius 1 is 0.938 bits per heavy atom. The SMILES string of the molecule is CC(=O)O[C@H](C)CC(=O)O[C@H]1[C@H](Cc2ccccc2)C(COCc2ccccc2)OC(OC(=N)C(Cl)(Cl)Cl)[C@H]1NC(=O)OCC(Cl)(Cl)Cl. The van der Waals surface area contributed by atoms with E-state index in [-0.39, 0.29) is 26.1 Å². The number of esters is 2. The lowest BCUT2D eigenvalue weighted by Gasteiger charge is -2.46. The van der Waals surface area contributed by atoms with Crippen LogP contribution in [0.5, 0.6) is 0 Å². The molecule has 2 aromatic carbocycles. The van der Waals surface area contributed by atoms with Crippen LogP contribution in [0, 0.1) is 11.3 Å². The maximum atomic E-state index is 13.4. The molecule has 2 aromatic rings. The Balaban J connectivity index is 2.03. The van der Waals surface area contributed by atoms with E-state index >= 15 is 0 Å². The minimum atomic E-state index is -2.32. The van der Waals surface area contributed by atoms with Crippen molar-refractivity contribution in [1.29, 1.82) is 5.41 Å². The minimum absolute atomic E-state index is 0.0459. The van der Waals surface area contributed by atoms with Crippen LogP contribution in [-0.4, -0.2) is 75.4 Å². The van der Waals surface area contributed by atoms with Gasteiger partial charge in [0, 0.05) is 12.8 Å². The van der Waals surface area contributed by atoms with Gasteiger partial charge in [-0.1, -0.05) is 130 Å². The molecule has 1 fully saturated rings. The van der Waals surface area contributed by atoms with Crippen molar-refractivity contribution in [2.75, 3.05) is 13.2 Å². The molecule has 0 aliphatic carbocycles. The summed E-state index contributed by atoms with van der Waals surface area (Å²) in [5.74, 6) is -2.93. The minimum Gasteiger partial charge on any atom is -0.462 e. The van der Waals surface area contributed by atoms with Crippen molar-refractivity contribution in [2.45, 2.75) is 71.5 Å². The van der Waals surface area contributed by atoms with Gasteiger partial charge in [0.25, 0.3) is 3.79 Å². The Morgan fingerprint density at radius 3 is 2.10 bits per heavy atom. The van der Waals surface area contributed by atoms with E-state index in [4.69, 9.17) is 103 Å². The maximum Gasteiger partial charge on any atom is 0.407 e. The molecule has 17 heteroatoms. The number of carbonyl (C=O) groups excluding carboxylic acids is 3. The van der Waals surface area contributed by atoms with Crippen molar-refractivity contribution < 1.29 is 42.8 Å². The number of halogens is 6. The molecule has 0 bridgehead atoms. The topological polar surface area (TPSA) is 142 Å². The number of carbonyl (C=O) groups is 3. The third-order valence-corrected chi connectivity index (χ3v) is 7.64. The molecule has 6 atom stereocenters. The summed E-state index contributed by atoms with van der Waals surface area (Å²) >= 11 is 35.0. The van der Waals surface area contributed by atoms with E-state index in [1.807, 2.05) is 60.7 Å². The highest BCUT2D eigenvalue weighted by molar-refractivity contribution is 6.76. The van der Waals surface area contributed by atoms with Gasteiger partial charge in [-0.2, -0.15) is 0 Å². The molecular formula is C31H34Cl6N2O9. The fraction of sp³-hybridized carbons (Fsp3) is 0.484. The van der Waals surface area contributed by atoms with Gasteiger partial charge in [0.15, 0.2) is 0 Å². The first-order valence-electron chi connectivity index (χ1n) is 14.5. The van der Waals surface area contributed by atoms with Crippen LogP contribution in [0.15, 0.2) is 60.7 Å². The summed E-state index contributed by atoms with van der Waals surface area (Å²) in [6, 6.07) is 17.2. The highest BCUT2D eigenvalue weighted by Crippen LogP contribution is 2.36. The van der Waals surface area contributed by atoms with Crippen LogP contribution in [0.4, 0.5) is 4.79 Å². The molecule has 1 aliphatic heterocycles. The molecule has 1 aliphatic rings. The quantitative estimate of drug-likeness (QED) is 0.0731. The Kier molecular flexibility index (Phi) is 15.7. The third kappa shape index (κ3) is 14.0. The number of ether oxygens (including phenoxy) is 6. The lowest BCUT2D eigenvalue weighted by atomic mass is 9.82. The molecule has 2 unspecified atom stereocenters. The lowest BCUT2D eigenvalue weighted by Crippen LogP contribution is -2.64. The predicted octanol–water partition coefficient (Wildman–Crippen LogP) is 6.87. The van der Waals surface area contributed by atoms with Gasteiger partial charge in [0.1, 0.15) is 24.9 Å². The molecule has 1 amide bonds. The molecule has 1 saturated heterocycles. The Hall–Kier alpha value is -2.22. The average Bonchev–Trinajstić information content (AvgIpc) is 2.99. The molecular weight excluding hydrogens is 757 g/mol. The molecule has 264 valence electrons. The number of nitrogens with one attached hydrogen (secondary N) is 2. The van der Waals surface area contributed by atoms with E-state index in [1.165, 1.54) is 13.8 Å². The zero-order valence-electron chi connectivity index (χ0n) is 25.7. The molecule has 11 nitrogen and oxygen atoms in total. The molecule has 48 heavy (non-hydrogen) atoms. The van der Waals surface area contributed by atoms with Crippen LogP contribution in [0.3, 0.4) is 0 Å². The summed E-state index contributed by atoms with van der Waals surface area (Å²) in [7, 11) is 0. The Labute approximate surface area is 308 Å². The van der Waals surface area contributed by atoms with Crippen LogP contribution in [0.2, 0.25) is 0 Å². The number of alkyl halides is 6. The van der Waals surface area contributed by atoms with E-state index in [0.717, 1.165) is 11.1 Å². The third-order valence-electron chi connectivity index (χ3n) is 6.80. The van der Waals surface area contributed by atoms with Gasteiger partial charge in [-0.25, -0.2) is 4.79 Å². The highest BCUT2D eigenvalue weighted by atomic mass is 35.6. The molecule has 3 rings (SSSR count). The molecule has 0 saturated carbocycles. The van der Waals surface area contributed by atoms with E-state index in [1.54, 1.807) is 0 Å². The number of amides is 1.